The molecular formula is C15H18N2O4. The second-order valence-electron chi connectivity index (χ2n) is 5.98. The van der Waals surface area contributed by atoms with Crippen LogP contribution in [0.2, 0.25) is 0 Å². The van der Waals surface area contributed by atoms with E-state index in [0.717, 1.165) is 25.3 Å². The van der Waals surface area contributed by atoms with E-state index in [-0.39, 0.29) is 11.3 Å². The molecule has 2 fully saturated rings. The lowest BCUT2D eigenvalue weighted by Gasteiger charge is -2.22. The minimum atomic E-state index is -1.22. The quantitative estimate of drug-likeness (QED) is 0.616. The zero-order chi connectivity index (χ0) is 15.0. The number of nitro benzene ring substituents is 1. The Hall–Kier alpha value is -1.95. The summed E-state index contributed by atoms with van der Waals surface area (Å²) in [7, 11) is 0. The minimum Gasteiger partial charge on any atom is -0.477 e. The molecule has 1 N–H and O–H groups in total. The molecule has 0 aromatic heterocycles. The number of hydrogen-bond donors (Lipinski definition) is 1. The fraction of sp³-hybridized carbons (Fsp3) is 0.533. The van der Waals surface area contributed by atoms with Gasteiger partial charge in [-0.15, -0.1) is 0 Å². The molecule has 2 aliphatic carbocycles. The second kappa shape index (κ2) is 5.44. The van der Waals surface area contributed by atoms with Gasteiger partial charge in [-0.2, -0.15) is 0 Å². The molecule has 0 atom stereocenters. The summed E-state index contributed by atoms with van der Waals surface area (Å²) in [6.45, 7) is 1.47. The first-order valence-corrected chi connectivity index (χ1v) is 7.30. The van der Waals surface area contributed by atoms with Crippen LogP contribution in [0.15, 0.2) is 18.2 Å². The number of carbonyl (C=O) groups is 1. The van der Waals surface area contributed by atoms with Crippen molar-refractivity contribution in [3.05, 3.63) is 39.4 Å². The van der Waals surface area contributed by atoms with Crippen molar-refractivity contribution < 1.29 is 14.8 Å². The SMILES string of the molecule is O=C(O)c1c(CN(CC2CC2)C2CC2)cccc1[N+](=O)[O-]. The van der Waals surface area contributed by atoms with Crippen molar-refractivity contribution in [1.82, 2.24) is 4.90 Å². The summed E-state index contributed by atoms with van der Waals surface area (Å²) >= 11 is 0. The van der Waals surface area contributed by atoms with Crippen LogP contribution in [0.3, 0.4) is 0 Å². The van der Waals surface area contributed by atoms with Gasteiger partial charge >= 0.3 is 5.97 Å². The molecule has 2 aliphatic rings. The number of nitro groups is 1. The highest BCUT2D eigenvalue weighted by molar-refractivity contribution is 5.94. The topological polar surface area (TPSA) is 83.7 Å². The van der Waals surface area contributed by atoms with Crippen LogP contribution in [0, 0.1) is 16.0 Å². The summed E-state index contributed by atoms with van der Waals surface area (Å²) < 4.78 is 0. The molecule has 6 heteroatoms. The average molecular weight is 290 g/mol. The second-order valence-corrected chi connectivity index (χ2v) is 5.98. The van der Waals surface area contributed by atoms with Crippen molar-refractivity contribution in [3.8, 4) is 0 Å². The van der Waals surface area contributed by atoms with E-state index in [2.05, 4.69) is 4.90 Å². The van der Waals surface area contributed by atoms with Crippen molar-refractivity contribution in [2.24, 2.45) is 5.92 Å². The number of rotatable bonds is 7. The summed E-state index contributed by atoms with van der Waals surface area (Å²) in [4.78, 5) is 24.1. The standard InChI is InChI=1S/C15H18N2O4/c18-15(19)14-11(2-1-3-13(14)17(20)21)9-16(12-6-7-12)8-10-4-5-10/h1-3,10,12H,4-9H2,(H,18,19). The average Bonchev–Trinajstić information content (AvgIpc) is 3.30. The first-order valence-electron chi connectivity index (χ1n) is 7.30. The summed E-state index contributed by atoms with van der Waals surface area (Å²) in [5, 5.41) is 20.4. The van der Waals surface area contributed by atoms with E-state index < -0.39 is 10.9 Å². The predicted octanol–water partition coefficient (Wildman–Crippen LogP) is 2.67. The smallest absolute Gasteiger partial charge is 0.343 e. The van der Waals surface area contributed by atoms with E-state index in [4.69, 9.17) is 0 Å². The molecule has 0 aliphatic heterocycles. The number of hydrogen-bond acceptors (Lipinski definition) is 4. The van der Waals surface area contributed by atoms with Gasteiger partial charge in [-0.3, -0.25) is 15.0 Å². The lowest BCUT2D eigenvalue weighted by atomic mass is 10.0. The molecule has 0 spiro atoms. The Labute approximate surface area is 122 Å². The van der Waals surface area contributed by atoms with Crippen molar-refractivity contribution in [1.29, 1.82) is 0 Å². The fourth-order valence-electron chi connectivity index (χ4n) is 2.75. The number of aromatic carboxylic acids is 1. The largest absolute Gasteiger partial charge is 0.477 e. The maximum absolute atomic E-state index is 11.4. The summed E-state index contributed by atoms with van der Waals surface area (Å²) in [5.74, 6) is -0.503. The van der Waals surface area contributed by atoms with Crippen molar-refractivity contribution in [2.45, 2.75) is 38.3 Å². The Balaban J connectivity index is 1.87. The van der Waals surface area contributed by atoms with Crippen molar-refractivity contribution >= 4 is 11.7 Å². The maximum atomic E-state index is 11.4. The molecule has 0 unspecified atom stereocenters. The van der Waals surface area contributed by atoms with Crippen molar-refractivity contribution in [3.63, 3.8) is 0 Å². The van der Waals surface area contributed by atoms with Crippen LogP contribution >= 0.6 is 0 Å². The Morgan fingerprint density at radius 1 is 1.33 bits per heavy atom. The number of carboxylic acid groups (broad SMARTS) is 1. The molecule has 0 amide bonds. The van der Waals surface area contributed by atoms with Gasteiger partial charge in [0.25, 0.3) is 5.69 Å². The van der Waals surface area contributed by atoms with Crippen molar-refractivity contribution in [2.75, 3.05) is 6.54 Å². The van der Waals surface area contributed by atoms with Crippen LogP contribution in [0.25, 0.3) is 0 Å². The number of nitrogens with zero attached hydrogens (tertiary/aromatic N) is 2. The predicted molar refractivity (Wildman–Crippen MR) is 76.2 cm³/mol. The Morgan fingerprint density at radius 2 is 2.05 bits per heavy atom. The molecule has 0 heterocycles. The van der Waals surface area contributed by atoms with Gasteiger partial charge in [0.2, 0.25) is 0 Å². The van der Waals surface area contributed by atoms with E-state index in [9.17, 15) is 20.0 Å². The molecule has 6 nitrogen and oxygen atoms in total. The highest BCUT2D eigenvalue weighted by Gasteiger charge is 2.35. The summed E-state index contributed by atoms with van der Waals surface area (Å²) in [5.41, 5.74) is 0.0652. The maximum Gasteiger partial charge on any atom is 0.343 e. The fourth-order valence-corrected chi connectivity index (χ4v) is 2.75. The third kappa shape index (κ3) is 3.21. The Bertz CT molecular complexity index is 579. The van der Waals surface area contributed by atoms with Gasteiger partial charge < -0.3 is 5.11 Å². The highest BCUT2D eigenvalue weighted by Crippen LogP contribution is 2.36. The molecule has 112 valence electrons. The molecule has 0 radical (unpaired) electrons. The molecule has 1 aromatic carbocycles. The van der Waals surface area contributed by atoms with Gasteiger partial charge in [0.1, 0.15) is 5.56 Å². The van der Waals surface area contributed by atoms with E-state index in [1.165, 1.54) is 18.9 Å². The normalized spacial score (nSPS) is 18.0. The highest BCUT2D eigenvalue weighted by atomic mass is 16.6. The van der Waals surface area contributed by atoms with Crippen LogP contribution < -0.4 is 0 Å². The molecule has 21 heavy (non-hydrogen) atoms. The number of benzene rings is 1. The molecule has 2 saturated carbocycles. The Morgan fingerprint density at radius 3 is 2.57 bits per heavy atom. The lowest BCUT2D eigenvalue weighted by Crippen LogP contribution is -2.28. The van der Waals surface area contributed by atoms with E-state index >= 15 is 0 Å². The van der Waals surface area contributed by atoms with Gasteiger partial charge in [0.15, 0.2) is 0 Å². The monoisotopic (exact) mass is 290 g/mol. The zero-order valence-electron chi connectivity index (χ0n) is 11.7. The third-order valence-electron chi connectivity index (χ3n) is 4.17. The van der Waals surface area contributed by atoms with Gasteiger partial charge in [-0.05, 0) is 37.2 Å². The number of carboxylic acids is 1. The Kier molecular flexibility index (Phi) is 3.63. The molecule has 1 aromatic rings. The minimum absolute atomic E-state index is 0.163. The van der Waals surface area contributed by atoms with Gasteiger partial charge in [-0.1, -0.05) is 12.1 Å². The molecule has 3 rings (SSSR count). The van der Waals surface area contributed by atoms with Crippen LogP contribution in [0.5, 0.6) is 0 Å². The lowest BCUT2D eigenvalue weighted by molar-refractivity contribution is -0.385. The van der Waals surface area contributed by atoms with Gasteiger partial charge in [0.05, 0.1) is 4.92 Å². The van der Waals surface area contributed by atoms with Crippen LogP contribution in [0.4, 0.5) is 5.69 Å². The summed E-state index contributed by atoms with van der Waals surface area (Å²) in [6, 6.07) is 5.04. The summed E-state index contributed by atoms with van der Waals surface area (Å²) in [6.07, 6.45) is 4.77. The van der Waals surface area contributed by atoms with Gasteiger partial charge in [-0.25, -0.2) is 4.79 Å². The van der Waals surface area contributed by atoms with E-state index in [1.54, 1.807) is 12.1 Å². The first kappa shape index (κ1) is 14.0. The van der Waals surface area contributed by atoms with E-state index in [0.29, 0.717) is 18.2 Å². The third-order valence-corrected chi connectivity index (χ3v) is 4.17. The zero-order valence-corrected chi connectivity index (χ0v) is 11.7. The van der Waals surface area contributed by atoms with Crippen LogP contribution in [0.1, 0.15) is 41.6 Å². The van der Waals surface area contributed by atoms with E-state index in [1.807, 2.05) is 0 Å². The van der Waals surface area contributed by atoms with Crippen LogP contribution in [-0.4, -0.2) is 33.5 Å². The van der Waals surface area contributed by atoms with Crippen LogP contribution in [-0.2, 0) is 6.54 Å². The molecule has 0 saturated heterocycles. The van der Waals surface area contributed by atoms with Gasteiger partial charge in [0, 0.05) is 25.2 Å². The first-order chi connectivity index (χ1) is 10.1. The molecular weight excluding hydrogens is 272 g/mol. The molecule has 0 bridgehead atoms.